The Kier molecular flexibility index (Phi) is 57.1. The SMILES string of the molecule is CCCCCCCC(=O)OC[C@H](COP(=O)(O)OC[C@H](O)COP(=O)(O)OC[C@@H](COC(=O)CCCCCCCCCCCCCCCCC(C)C)OC(=O)CCCCCCCCCCCCCCCCCC(C)C)OC(=O)CCCCCCC. The maximum atomic E-state index is 13.0. The van der Waals surface area contributed by atoms with Crippen LogP contribution in [-0.4, -0.2) is 96.7 Å². The molecule has 0 radical (unpaired) electrons. The predicted octanol–water partition coefficient (Wildman–Crippen LogP) is 18.4. The van der Waals surface area contributed by atoms with Gasteiger partial charge in [-0.1, -0.05) is 279 Å². The van der Waals surface area contributed by atoms with Crippen molar-refractivity contribution in [1.29, 1.82) is 0 Å². The number of esters is 4. The molecule has 19 heteroatoms. The van der Waals surface area contributed by atoms with E-state index in [0.717, 1.165) is 108 Å². The number of aliphatic hydroxyl groups excluding tert-OH is 1. The summed E-state index contributed by atoms with van der Waals surface area (Å²) in [7, 11) is -9.87. The van der Waals surface area contributed by atoms with Gasteiger partial charge in [-0.2, -0.15) is 0 Å². The zero-order chi connectivity index (χ0) is 62.9. The molecule has 0 fully saturated rings. The number of hydrogen-bond acceptors (Lipinski definition) is 15. The highest BCUT2D eigenvalue weighted by molar-refractivity contribution is 7.47. The fourth-order valence-electron chi connectivity index (χ4n) is 9.88. The first-order valence-electron chi connectivity index (χ1n) is 34.5. The van der Waals surface area contributed by atoms with Crippen molar-refractivity contribution in [3.63, 3.8) is 0 Å². The number of phosphoric ester groups is 2. The molecular weight excluding hydrogens is 1130 g/mol. The molecule has 85 heavy (non-hydrogen) atoms. The van der Waals surface area contributed by atoms with Crippen molar-refractivity contribution < 1.29 is 80.2 Å². The van der Waals surface area contributed by atoms with Gasteiger partial charge in [-0.15, -0.1) is 0 Å². The summed E-state index contributed by atoms with van der Waals surface area (Å²) in [4.78, 5) is 71.8. The standard InChI is InChI=1S/C66H128O17P2/c1-7-9-11-34-42-48-63(68)76-54-61(82-65(70)50-44-35-12-10-8-2)56-80-84(72,73)78-52-60(67)53-79-85(74,75)81-57-62(55-77-64(69)49-43-38-32-28-24-20-17-16-19-23-27-31-37-41-47-59(5)6)83-66(71)51-45-39-33-29-25-21-15-13-14-18-22-26-30-36-40-46-58(3)4/h58-62,67H,7-57H2,1-6H3,(H,72,73)(H,74,75)/t60-,61+,62+/m0/s1. The lowest BCUT2D eigenvalue weighted by Crippen LogP contribution is -2.30. The number of aliphatic hydroxyl groups is 1. The highest BCUT2D eigenvalue weighted by Crippen LogP contribution is 2.45. The molecule has 0 aromatic rings. The minimum atomic E-state index is -4.94. The summed E-state index contributed by atoms with van der Waals surface area (Å²) in [5.74, 6) is -0.551. The molecule has 0 heterocycles. The highest BCUT2D eigenvalue weighted by Gasteiger charge is 2.30. The molecule has 0 aliphatic carbocycles. The summed E-state index contributed by atoms with van der Waals surface area (Å²) >= 11 is 0. The lowest BCUT2D eigenvalue weighted by molar-refractivity contribution is -0.161. The van der Waals surface area contributed by atoms with Gasteiger partial charge >= 0.3 is 39.5 Å². The van der Waals surface area contributed by atoms with Crippen molar-refractivity contribution in [2.45, 2.75) is 349 Å². The number of carbonyl (C=O) groups excluding carboxylic acids is 4. The van der Waals surface area contributed by atoms with Gasteiger partial charge in [-0.3, -0.25) is 37.3 Å². The lowest BCUT2D eigenvalue weighted by Gasteiger charge is -2.21. The van der Waals surface area contributed by atoms with Crippen molar-refractivity contribution in [2.75, 3.05) is 39.6 Å². The van der Waals surface area contributed by atoms with Crippen LogP contribution in [0.5, 0.6) is 0 Å². The van der Waals surface area contributed by atoms with Crippen LogP contribution < -0.4 is 0 Å². The molecule has 2 unspecified atom stereocenters. The molecule has 0 aromatic heterocycles. The number of unbranched alkanes of at least 4 members (excludes halogenated alkanes) is 35. The maximum absolute atomic E-state index is 13.0. The largest absolute Gasteiger partial charge is 0.472 e. The Labute approximate surface area is 517 Å². The van der Waals surface area contributed by atoms with E-state index in [1.807, 2.05) is 0 Å². The van der Waals surface area contributed by atoms with Crippen LogP contribution in [-0.2, 0) is 65.4 Å². The molecule has 0 saturated carbocycles. The van der Waals surface area contributed by atoms with E-state index in [1.165, 1.54) is 141 Å². The quantitative estimate of drug-likeness (QED) is 0.0222. The topological polar surface area (TPSA) is 237 Å². The molecule has 0 aromatic carbocycles. The lowest BCUT2D eigenvalue weighted by atomic mass is 10.0. The molecular formula is C66H128O17P2. The molecule has 17 nitrogen and oxygen atoms in total. The van der Waals surface area contributed by atoms with Crippen molar-refractivity contribution in [2.24, 2.45) is 11.8 Å². The Balaban J connectivity index is 5.08. The van der Waals surface area contributed by atoms with E-state index in [0.29, 0.717) is 25.7 Å². The van der Waals surface area contributed by atoms with Crippen LogP contribution in [0.1, 0.15) is 330 Å². The van der Waals surface area contributed by atoms with E-state index < -0.39 is 97.5 Å². The Bertz CT molecular complexity index is 1670. The fourth-order valence-corrected chi connectivity index (χ4v) is 11.5. The van der Waals surface area contributed by atoms with E-state index in [-0.39, 0.29) is 25.7 Å². The first kappa shape index (κ1) is 83.1. The third-order valence-electron chi connectivity index (χ3n) is 15.2. The predicted molar refractivity (Wildman–Crippen MR) is 340 cm³/mol. The summed E-state index contributed by atoms with van der Waals surface area (Å²) in [6, 6.07) is 0. The van der Waals surface area contributed by atoms with Gasteiger partial charge in [0.2, 0.25) is 0 Å². The van der Waals surface area contributed by atoms with Gasteiger partial charge in [0.05, 0.1) is 26.4 Å². The average Bonchev–Trinajstić information content (AvgIpc) is 3.48. The molecule has 0 saturated heterocycles. The Hall–Kier alpha value is -1.94. The van der Waals surface area contributed by atoms with E-state index in [2.05, 4.69) is 41.5 Å². The summed E-state index contributed by atoms with van der Waals surface area (Å²) in [5.41, 5.74) is 0. The molecule has 0 aliphatic rings. The number of hydrogen-bond donors (Lipinski definition) is 3. The molecule has 0 rings (SSSR count). The number of phosphoric acid groups is 2. The second-order valence-corrected chi connectivity index (χ2v) is 27.7. The third-order valence-corrected chi connectivity index (χ3v) is 17.1. The van der Waals surface area contributed by atoms with Gasteiger partial charge in [0.25, 0.3) is 0 Å². The van der Waals surface area contributed by atoms with Crippen molar-refractivity contribution in [3.05, 3.63) is 0 Å². The third kappa shape index (κ3) is 60.7. The molecule has 0 amide bonds. The van der Waals surface area contributed by atoms with Gasteiger partial charge in [0.15, 0.2) is 12.2 Å². The van der Waals surface area contributed by atoms with Crippen LogP contribution in [0.4, 0.5) is 0 Å². The van der Waals surface area contributed by atoms with Gasteiger partial charge < -0.3 is 33.8 Å². The molecule has 0 bridgehead atoms. The van der Waals surface area contributed by atoms with E-state index in [1.54, 1.807) is 0 Å². The number of ether oxygens (including phenoxy) is 4. The summed E-state index contributed by atoms with van der Waals surface area (Å²) in [5, 5.41) is 10.5. The second kappa shape index (κ2) is 58.4. The van der Waals surface area contributed by atoms with Gasteiger partial charge in [0.1, 0.15) is 19.3 Å². The van der Waals surface area contributed by atoms with Crippen LogP contribution in [0.25, 0.3) is 0 Å². The number of carbonyl (C=O) groups is 4. The smallest absolute Gasteiger partial charge is 0.462 e. The monoisotopic (exact) mass is 1250 g/mol. The van der Waals surface area contributed by atoms with Crippen LogP contribution in [0.3, 0.4) is 0 Å². The van der Waals surface area contributed by atoms with Crippen molar-refractivity contribution in [1.82, 2.24) is 0 Å². The Morgan fingerprint density at radius 1 is 0.318 bits per heavy atom. The molecule has 0 spiro atoms. The molecule has 5 atom stereocenters. The van der Waals surface area contributed by atoms with Crippen LogP contribution in [0.2, 0.25) is 0 Å². The fraction of sp³-hybridized carbons (Fsp3) is 0.939. The minimum Gasteiger partial charge on any atom is -0.462 e. The van der Waals surface area contributed by atoms with Crippen LogP contribution in [0.15, 0.2) is 0 Å². The summed E-state index contributed by atoms with van der Waals surface area (Å²) < 4.78 is 67.6. The first-order chi connectivity index (χ1) is 40.9. The first-order valence-corrected chi connectivity index (χ1v) is 37.5. The Morgan fingerprint density at radius 3 is 0.800 bits per heavy atom. The molecule has 504 valence electrons. The molecule has 0 aliphatic heterocycles. The maximum Gasteiger partial charge on any atom is 0.472 e. The van der Waals surface area contributed by atoms with Gasteiger partial charge in [0, 0.05) is 25.7 Å². The second-order valence-electron chi connectivity index (χ2n) is 24.8. The summed E-state index contributed by atoms with van der Waals surface area (Å²) in [6.45, 7) is 9.38. The average molecular weight is 1260 g/mol. The van der Waals surface area contributed by atoms with Crippen molar-refractivity contribution >= 4 is 39.5 Å². The number of rotatable bonds is 65. The zero-order valence-electron chi connectivity index (χ0n) is 54.9. The van der Waals surface area contributed by atoms with E-state index in [9.17, 15) is 43.2 Å². The molecule has 3 N–H and O–H groups in total. The van der Waals surface area contributed by atoms with Gasteiger partial charge in [-0.25, -0.2) is 9.13 Å². The summed E-state index contributed by atoms with van der Waals surface area (Å²) in [6.07, 6.45) is 42.6. The van der Waals surface area contributed by atoms with Gasteiger partial charge in [-0.05, 0) is 37.5 Å². The van der Waals surface area contributed by atoms with Crippen LogP contribution >= 0.6 is 15.6 Å². The van der Waals surface area contributed by atoms with Crippen LogP contribution in [0, 0.1) is 11.8 Å². The highest BCUT2D eigenvalue weighted by atomic mass is 31.2. The van der Waals surface area contributed by atoms with E-state index >= 15 is 0 Å². The Morgan fingerprint density at radius 2 is 0.541 bits per heavy atom. The normalized spacial score (nSPS) is 14.2. The zero-order valence-corrected chi connectivity index (χ0v) is 56.7. The minimum absolute atomic E-state index is 0.0987. The van der Waals surface area contributed by atoms with E-state index in [4.69, 9.17) is 37.0 Å². The van der Waals surface area contributed by atoms with Crippen molar-refractivity contribution in [3.8, 4) is 0 Å².